The van der Waals surface area contributed by atoms with Crippen molar-refractivity contribution in [3.63, 3.8) is 0 Å². The molecule has 7 heteroatoms. The Labute approximate surface area is 111 Å². The summed E-state index contributed by atoms with van der Waals surface area (Å²) in [5.41, 5.74) is 6.37. The molecule has 0 spiro atoms. The van der Waals surface area contributed by atoms with Gasteiger partial charge in [0.1, 0.15) is 4.99 Å². The van der Waals surface area contributed by atoms with Crippen LogP contribution in [0.2, 0.25) is 0 Å². The molecule has 0 bridgehead atoms. The molecule has 1 aromatic carbocycles. The normalized spacial score (nSPS) is 20.3. The van der Waals surface area contributed by atoms with Gasteiger partial charge in [0.15, 0.2) is 4.75 Å². The lowest BCUT2D eigenvalue weighted by atomic mass is 10.1. The molecule has 96 valence electrons. The van der Waals surface area contributed by atoms with Gasteiger partial charge in [-0.15, -0.1) is 0 Å². The average Bonchev–Trinajstić information content (AvgIpc) is 2.29. The Kier molecular flexibility index (Phi) is 2.71. The molecule has 0 aromatic heterocycles. The Balaban J connectivity index is 2.41. The van der Waals surface area contributed by atoms with Gasteiger partial charge in [-0.1, -0.05) is 12.2 Å². The van der Waals surface area contributed by atoms with Crippen molar-refractivity contribution >= 4 is 38.8 Å². The van der Waals surface area contributed by atoms with Gasteiger partial charge in [-0.25, -0.2) is 12.7 Å². The Hall–Kier alpha value is -1.47. The van der Waals surface area contributed by atoms with Gasteiger partial charge in [0.25, 0.3) is 15.9 Å². The number of hydrogen-bond donors (Lipinski definition) is 1. The summed E-state index contributed by atoms with van der Waals surface area (Å²) in [4.78, 5) is 12.0. The van der Waals surface area contributed by atoms with E-state index in [1.807, 2.05) is 0 Å². The molecule has 1 aromatic rings. The van der Waals surface area contributed by atoms with E-state index >= 15 is 0 Å². The van der Waals surface area contributed by atoms with E-state index in [9.17, 15) is 13.2 Å². The van der Waals surface area contributed by atoms with Gasteiger partial charge in [-0.2, -0.15) is 0 Å². The number of nitrogens with two attached hydrogens (primary N) is 1. The SMILES string of the molecule is CC1(C)C(=O)N(c2ccc(C(N)=S)cc2)S1(=O)=O. The van der Waals surface area contributed by atoms with Gasteiger partial charge in [0.2, 0.25) is 0 Å². The standard InChI is InChI=1S/C11H12N2O3S2/c1-11(2)10(14)13(18(11,15)16)8-5-3-7(4-6-8)9(12)17/h3-6H,1-2H3,(H2,12,17). The second-order valence-corrected chi connectivity index (χ2v) is 7.27. The first kappa shape index (κ1) is 13.0. The Morgan fingerprint density at radius 2 is 1.78 bits per heavy atom. The van der Waals surface area contributed by atoms with Crippen LogP contribution in [0.15, 0.2) is 24.3 Å². The highest BCUT2D eigenvalue weighted by atomic mass is 32.2. The van der Waals surface area contributed by atoms with E-state index in [2.05, 4.69) is 0 Å². The Bertz CT molecular complexity index is 633. The van der Waals surface area contributed by atoms with Gasteiger partial charge in [0, 0.05) is 5.56 Å². The van der Waals surface area contributed by atoms with Crippen LogP contribution in [0.4, 0.5) is 5.69 Å². The van der Waals surface area contributed by atoms with Gasteiger partial charge in [0.05, 0.1) is 5.69 Å². The van der Waals surface area contributed by atoms with E-state index in [0.717, 1.165) is 4.31 Å². The number of nitrogens with zero attached hydrogens (tertiary/aromatic N) is 1. The molecule has 0 radical (unpaired) electrons. The lowest BCUT2D eigenvalue weighted by Crippen LogP contribution is -2.67. The summed E-state index contributed by atoms with van der Waals surface area (Å²) in [5, 5.41) is 0. The first-order chi connectivity index (χ1) is 8.19. The van der Waals surface area contributed by atoms with Crippen LogP contribution in [-0.4, -0.2) is 24.1 Å². The molecule has 1 heterocycles. The van der Waals surface area contributed by atoms with Crippen LogP contribution in [0.3, 0.4) is 0 Å². The summed E-state index contributed by atoms with van der Waals surface area (Å²) in [6, 6.07) is 6.20. The lowest BCUT2D eigenvalue weighted by Gasteiger charge is -2.42. The highest BCUT2D eigenvalue weighted by Gasteiger charge is 2.60. The van der Waals surface area contributed by atoms with Gasteiger partial charge >= 0.3 is 0 Å². The molecular formula is C11H12N2O3S2. The molecule has 1 aliphatic rings. The van der Waals surface area contributed by atoms with E-state index in [1.165, 1.54) is 26.0 Å². The number of carbonyl (C=O) groups excluding carboxylic acids is 1. The molecule has 2 N–H and O–H groups in total. The van der Waals surface area contributed by atoms with Gasteiger partial charge in [-0.05, 0) is 38.1 Å². The Morgan fingerprint density at radius 1 is 1.28 bits per heavy atom. The van der Waals surface area contributed by atoms with Crippen molar-refractivity contribution < 1.29 is 13.2 Å². The molecule has 1 saturated heterocycles. The lowest BCUT2D eigenvalue weighted by molar-refractivity contribution is -0.120. The highest BCUT2D eigenvalue weighted by Crippen LogP contribution is 2.38. The molecule has 0 saturated carbocycles. The first-order valence-electron chi connectivity index (χ1n) is 5.19. The van der Waals surface area contributed by atoms with Crippen LogP contribution in [0.1, 0.15) is 19.4 Å². The van der Waals surface area contributed by atoms with E-state index in [-0.39, 0.29) is 4.99 Å². The third-order valence-electron chi connectivity index (χ3n) is 2.97. The fraction of sp³-hybridized carbons (Fsp3) is 0.273. The summed E-state index contributed by atoms with van der Waals surface area (Å²) in [5.74, 6) is -0.439. The zero-order valence-electron chi connectivity index (χ0n) is 9.88. The molecule has 1 amide bonds. The predicted molar refractivity (Wildman–Crippen MR) is 72.8 cm³/mol. The van der Waals surface area contributed by atoms with Crippen LogP contribution in [0.5, 0.6) is 0 Å². The Morgan fingerprint density at radius 3 is 2.17 bits per heavy atom. The minimum atomic E-state index is -3.62. The van der Waals surface area contributed by atoms with Crippen LogP contribution in [0, 0.1) is 0 Å². The average molecular weight is 284 g/mol. The van der Waals surface area contributed by atoms with Crippen LogP contribution in [-0.2, 0) is 14.8 Å². The van der Waals surface area contributed by atoms with Crippen molar-refractivity contribution in [3.8, 4) is 0 Å². The molecule has 5 nitrogen and oxygen atoms in total. The van der Waals surface area contributed by atoms with Gasteiger partial charge < -0.3 is 5.73 Å². The predicted octanol–water partition coefficient (Wildman–Crippen LogP) is 0.776. The van der Waals surface area contributed by atoms with Crippen molar-refractivity contribution in [3.05, 3.63) is 29.8 Å². The smallest absolute Gasteiger partial charge is 0.263 e. The number of hydrogen-bond acceptors (Lipinski definition) is 4. The second-order valence-electron chi connectivity index (χ2n) is 4.50. The number of sulfonamides is 1. The van der Waals surface area contributed by atoms with Crippen LogP contribution in [0.25, 0.3) is 0 Å². The molecule has 1 fully saturated rings. The maximum atomic E-state index is 12.0. The van der Waals surface area contributed by atoms with Crippen molar-refractivity contribution in [2.75, 3.05) is 4.31 Å². The molecule has 0 unspecified atom stereocenters. The van der Waals surface area contributed by atoms with Gasteiger partial charge in [-0.3, -0.25) is 4.79 Å². The first-order valence-corrected chi connectivity index (χ1v) is 7.03. The van der Waals surface area contributed by atoms with E-state index in [4.69, 9.17) is 18.0 Å². The summed E-state index contributed by atoms with van der Waals surface area (Å²) in [6.45, 7) is 2.79. The van der Waals surface area contributed by atoms with Crippen molar-refractivity contribution in [1.82, 2.24) is 0 Å². The molecule has 0 atom stereocenters. The monoisotopic (exact) mass is 284 g/mol. The minimum absolute atomic E-state index is 0.222. The number of thiocarbonyl (C=S) groups is 1. The van der Waals surface area contributed by atoms with E-state index in [0.29, 0.717) is 11.3 Å². The summed E-state index contributed by atoms with van der Waals surface area (Å²) in [7, 11) is -3.62. The highest BCUT2D eigenvalue weighted by molar-refractivity contribution is 7.98. The number of amides is 1. The second kappa shape index (κ2) is 3.76. The zero-order valence-corrected chi connectivity index (χ0v) is 11.5. The molecule has 0 aliphatic carbocycles. The van der Waals surface area contributed by atoms with Crippen molar-refractivity contribution in [2.24, 2.45) is 5.73 Å². The molecule has 18 heavy (non-hydrogen) atoms. The maximum absolute atomic E-state index is 12.0. The fourth-order valence-electron chi connectivity index (χ4n) is 1.67. The molecular weight excluding hydrogens is 272 g/mol. The topological polar surface area (TPSA) is 80.5 Å². The van der Waals surface area contributed by atoms with E-state index in [1.54, 1.807) is 12.1 Å². The van der Waals surface area contributed by atoms with Crippen LogP contribution < -0.4 is 10.0 Å². The van der Waals surface area contributed by atoms with Crippen molar-refractivity contribution in [2.45, 2.75) is 18.6 Å². The zero-order chi connectivity index (χ0) is 13.7. The third kappa shape index (κ3) is 1.54. The number of carbonyl (C=O) groups is 1. The number of anilines is 1. The molecule has 1 aliphatic heterocycles. The van der Waals surface area contributed by atoms with Crippen molar-refractivity contribution in [1.29, 1.82) is 0 Å². The van der Waals surface area contributed by atoms with E-state index < -0.39 is 20.7 Å². The summed E-state index contributed by atoms with van der Waals surface area (Å²) < 4.78 is 23.4. The summed E-state index contributed by atoms with van der Waals surface area (Å²) in [6.07, 6.45) is 0. The maximum Gasteiger partial charge on any atom is 0.263 e. The fourth-order valence-corrected chi connectivity index (χ4v) is 3.29. The summed E-state index contributed by atoms with van der Waals surface area (Å²) >= 11 is 4.80. The third-order valence-corrected chi connectivity index (χ3v) is 5.53. The minimum Gasteiger partial charge on any atom is -0.389 e. The van der Waals surface area contributed by atoms with Crippen LogP contribution >= 0.6 is 12.2 Å². The molecule has 2 rings (SSSR count). The largest absolute Gasteiger partial charge is 0.389 e. The number of benzene rings is 1. The quantitative estimate of drug-likeness (QED) is 0.812. The number of rotatable bonds is 2.